The minimum Gasteiger partial charge on any atom is -0.353 e. The zero-order valence-electron chi connectivity index (χ0n) is 8.81. The lowest BCUT2D eigenvalue weighted by molar-refractivity contribution is -0.127. The number of hydrogen-bond donors (Lipinski definition) is 3. The highest BCUT2D eigenvalue weighted by Gasteiger charge is 2.26. The van der Waals surface area contributed by atoms with Crippen molar-refractivity contribution in [1.29, 1.82) is 0 Å². The Kier molecular flexibility index (Phi) is 3.10. The molecule has 0 aromatic rings. The topological polar surface area (TPSA) is 70.2 Å². The standard InChI is InChI=1S/C9H17N3O2/c1-9(2,3)12-8(14)6-4-11-7(13)5-10-6/h6,10H,4-5H2,1-3H3,(H,11,13)(H,12,14). The lowest BCUT2D eigenvalue weighted by Gasteiger charge is -2.27. The third-order valence-corrected chi connectivity index (χ3v) is 1.83. The highest BCUT2D eigenvalue weighted by atomic mass is 16.2. The highest BCUT2D eigenvalue weighted by Crippen LogP contribution is 2.00. The third-order valence-electron chi connectivity index (χ3n) is 1.83. The molecule has 0 spiro atoms. The van der Waals surface area contributed by atoms with Crippen LogP contribution in [-0.4, -0.2) is 36.5 Å². The van der Waals surface area contributed by atoms with Gasteiger partial charge in [-0.1, -0.05) is 0 Å². The fourth-order valence-electron chi connectivity index (χ4n) is 1.21. The van der Waals surface area contributed by atoms with Gasteiger partial charge in [-0.25, -0.2) is 0 Å². The zero-order valence-corrected chi connectivity index (χ0v) is 8.81. The lowest BCUT2D eigenvalue weighted by atomic mass is 10.1. The Labute approximate surface area is 83.6 Å². The van der Waals surface area contributed by atoms with Crippen molar-refractivity contribution in [2.75, 3.05) is 13.1 Å². The SMILES string of the molecule is CC(C)(C)NC(=O)C1CNC(=O)CN1. The predicted molar refractivity (Wildman–Crippen MR) is 52.7 cm³/mol. The highest BCUT2D eigenvalue weighted by molar-refractivity contribution is 5.87. The minimum atomic E-state index is -0.313. The van der Waals surface area contributed by atoms with Crippen LogP contribution in [0.3, 0.4) is 0 Å². The van der Waals surface area contributed by atoms with Gasteiger partial charge in [0.2, 0.25) is 11.8 Å². The van der Waals surface area contributed by atoms with E-state index in [1.807, 2.05) is 20.8 Å². The van der Waals surface area contributed by atoms with Crippen LogP contribution in [0.25, 0.3) is 0 Å². The number of hydrogen-bond acceptors (Lipinski definition) is 3. The maximum atomic E-state index is 11.6. The average Bonchev–Trinajstić information content (AvgIpc) is 2.02. The normalized spacial score (nSPS) is 22.8. The molecule has 1 rings (SSSR count). The maximum absolute atomic E-state index is 11.6. The summed E-state index contributed by atoms with van der Waals surface area (Å²) in [7, 11) is 0. The van der Waals surface area contributed by atoms with Gasteiger partial charge in [0.25, 0.3) is 0 Å². The van der Waals surface area contributed by atoms with E-state index in [1.165, 1.54) is 0 Å². The van der Waals surface area contributed by atoms with Crippen molar-refractivity contribution in [2.45, 2.75) is 32.4 Å². The zero-order chi connectivity index (χ0) is 10.8. The van der Waals surface area contributed by atoms with Gasteiger partial charge in [-0.15, -0.1) is 0 Å². The quantitative estimate of drug-likeness (QED) is 0.507. The summed E-state index contributed by atoms with van der Waals surface area (Å²) < 4.78 is 0. The largest absolute Gasteiger partial charge is 0.353 e. The molecule has 0 saturated carbocycles. The Bertz CT molecular complexity index is 235. The van der Waals surface area contributed by atoms with Crippen LogP contribution >= 0.6 is 0 Å². The molecule has 1 unspecified atom stereocenters. The van der Waals surface area contributed by atoms with Crippen molar-refractivity contribution in [3.8, 4) is 0 Å². The molecule has 2 amide bonds. The number of rotatable bonds is 1. The number of nitrogens with one attached hydrogen (secondary N) is 3. The molecule has 0 aromatic heterocycles. The number of carbonyl (C=O) groups is 2. The van der Waals surface area contributed by atoms with Gasteiger partial charge < -0.3 is 10.6 Å². The van der Waals surface area contributed by atoms with Crippen molar-refractivity contribution in [3.63, 3.8) is 0 Å². The van der Waals surface area contributed by atoms with Gasteiger partial charge in [0.15, 0.2) is 0 Å². The summed E-state index contributed by atoms with van der Waals surface area (Å²) in [4.78, 5) is 22.4. The van der Waals surface area contributed by atoms with E-state index in [1.54, 1.807) is 0 Å². The summed E-state index contributed by atoms with van der Waals surface area (Å²) in [5.41, 5.74) is -0.236. The van der Waals surface area contributed by atoms with Crippen molar-refractivity contribution in [2.24, 2.45) is 0 Å². The first kappa shape index (κ1) is 11.0. The van der Waals surface area contributed by atoms with Crippen LogP contribution in [0.5, 0.6) is 0 Å². The van der Waals surface area contributed by atoms with Crippen molar-refractivity contribution >= 4 is 11.8 Å². The molecule has 0 bridgehead atoms. The van der Waals surface area contributed by atoms with Crippen LogP contribution in [0.4, 0.5) is 0 Å². The molecule has 0 radical (unpaired) electrons. The van der Waals surface area contributed by atoms with Crippen molar-refractivity contribution in [1.82, 2.24) is 16.0 Å². The summed E-state index contributed by atoms with van der Waals surface area (Å²) in [5.74, 6) is -0.137. The Hall–Kier alpha value is -1.10. The van der Waals surface area contributed by atoms with E-state index in [-0.39, 0.29) is 29.9 Å². The molecule has 1 saturated heterocycles. The summed E-state index contributed by atoms with van der Waals surface area (Å²) in [5, 5.41) is 8.35. The number of amides is 2. The molecule has 1 atom stereocenters. The van der Waals surface area contributed by atoms with Crippen molar-refractivity contribution < 1.29 is 9.59 Å². The van der Waals surface area contributed by atoms with Crippen LogP contribution in [0, 0.1) is 0 Å². The molecule has 5 nitrogen and oxygen atoms in total. The molecule has 80 valence electrons. The van der Waals surface area contributed by atoms with Gasteiger partial charge in [-0.3, -0.25) is 14.9 Å². The molecule has 0 aliphatic carbocycles. The Balaban J connectivity index is 2.42. The van der Waals surface area contributed by atoms with Gasteiger partial charge in [0.05, 0.1) is 6.54 Å². The molecule has 14 heavy (non-hydrogen) atoms. The summed E-state index contributed by atoms with van der Waals surface area (Å²) in [6.45, 7) is 6.34. The molecular weight excluding hydrogens is 182 g/mol. The van der Waals surface area contributed by atoms with Crippen LogP contribution in [0.2, 0.25) is 0 Å². The van der Waals surface area contributed by atoms with Gasteiger partial charge in [0.1, 0.15) is 6.04 Å². The smallest absolute Gasteiger partial charge is 0.239 e. The van der Waals surface area contributed by atoms with E-state index in [0.717, 1.165) is 0 Å². The first-order valence-corrected chi connectivity index (χ1v) is 4.70. The monoisotopic (exact) mass is 199 g/mol. The van der Waals surface area contributed by atoms with E-state index in [4.69, 9.17) is 0 Å². The first-order valence-electron chi connectivity index (χ1n) is 4.70. The van der Waals surface area contributed by atoms with Gasteiger partial charge >= 0.3 is 0 Å². The summed E-state index contributed by atoms with van der Waals surface area (Å²) in [6, 6.07) is -0.313. The van der Waals surface area contributed by atoms with Gasteiger partial charge in [-0.2, -0.15) is 0 Å². The molecule has 1 heterocycles. The van der Waals surface area contributed by atoms with Gasteiger partial charge in [-0.05, 0) is 20.8 Å². The third kappa shape index (κ3) is 3.33. The van der Waals surface area contributed by atoms with Crippen LogP contribution in [0.1, 0.15) is 20.8 Å². The summed E-state index contributed by atoms with van der Waals surface area (Å²) in [6.07, 6.45) is 0. The second-order valence-electron chi connectivity index (χ2n) is 4.48. The van der Waals surface area contributed by atoms with Crippen LogP contribution in [0.15, 0.2) is 0 Å². The van der Waals surface area contributed by atoms with E-state index >= 15 is 0 Å². The van der Waals surface area contributed by atoms with Crippen molar-refractivity contribution in [3.05, 3.63) is 0 Å². The lowest BCUT2D eigenvalue weighted by Crippen LogP contribution is -2.60. The second kappa shape index (κ2) is 3.96. The van der Waals surface area contributed by atoms with E-state index in [9.17, 15) is 9.59 Å². The molecule has 1 aliphatic heterocycles. The minimum absolute atomic E-state index is 0.0650. The van der Waals surface area contributed by atoms with E-state index in [0.29, 0.717) is 6.54 Å². The maximum Gasteiger partial charge on any atom is 0.239 e. The Morgan fingerprint density at radius 1 is 1.50 bits per heavy atom. The Morgan fingerprint density at radius 2 is 2.14 bits per heavy atom. The average molecular weight is 199 g/mol. The summed E-state index contributed by atoms with van der Waals surface area (Å²) >= 11 is 0. The van der Waals surface area contributed by atoms with E-state index < -0.39 is 0 Å². The Morgan fingerprint density at radius 3 is 2.57 bits per heavy atom. The molecule has 1 fully saturated rings. The number of piperazine rings is 1. The molecular formula is C9H17N3O2. The molecule has 1 aliphatic rings. The predicted octanol–water partition coefficient (Wildman–Crippen LogP) is -1.01. The fraction of sp³-hybridized carbons (Fsp3) is 0.778. The second-order valence-corrected chi connectivity index (χ2v) is 4.48. The fourth-order valence-corrected chi connectivity index (χ4v) is 1.21. The van der Waals surface area contributed by atoms with Crippen LogP contribution in [-0.2, 0) is 9.59 Å². The molecule has 5 heteroatoms. The van der Waals surface area contributed by atoms with E-state index in [2.05, 4.69) is 16.0 Å². The number of carbonyl (C=O) groups excluding carboxylic acids is 2. The van der Waals surface area contributed by atoms with Crippen LogP contribution < -0.4 is 16.0 Å². The first-order chi connectivity index (χ1) is 6.38. The molecule has 0 aromatic carbocycles. The van der Waals surface area contributed by atoms with Gasteiger partial charge in [0, 0.05) is 12.1 Å². The molecule has 3 N–H and O–H groups in total.